The molecule has 0 radical (unpaired) electrons. The van der Waals surface area contributed by atoms with Crippen LogP contribution in [0.5, 0.6) is 5.75 Å². The van der Waals surface area contributed by atoms with Crippen molar-refractivity contribution in [2.45, 2.75) is 36.9 Å². The van der Waals surface area contributed by atoms with E-state index in [1.165, 1.54) is 12.1 Å². The van der Waals surface area contributed by atoms with E-state index in [9.17, 15) is 13.6 Å². The molecule has 0 aliphatic carbocycles. The van der Waals surface area contributed by atoms with Crippen molar-refractivity contribution in [1.29, 1.82) is 0 Å². The summed E-state index contributed by atoms with van der Waals surface area (Å²) in [4.78, 5) is 13.7. The summed E-state index contributed by atoms with van der Waals surface area (Å²) < 4.78 is 33.3. The Bertz CT molecular complexity index is 994. The van der Waals surface area contributed by atoms with Crippen LogP contribution >= 0.6 is 0 Å². The third-order valence-corrected chi connectivity index (χ3v) is 6.70. The molecule has 2 aromatic rings. The average Bonchev–Trinajstić information content (AvgIpc) is 3.08. The highest BCUT2D eigenvalue weighted by molar-refractivity contribution is 6.05. The third kappa shape index (κ3) is 3.41. The largest absolute Gasteiger partial charge is 0.489 e. The van der Waals surface area contributed by atoms with Crippen LogP contribution < -0.4 is 9.75 Å². The van der Waals surface area contributed by atoms with Gasteiger partial charge in [-0.25, -0.2) is 8.78 Å². The summed E-state index contributed by atoms with van der Waals surface area (Å²) in [6, 6.07) is 14.3. The number of benzene rings is 2. The van der Waals surface area contributed by atoms with Crippen molar-refractivity contribution in [2.24, 2.45) is 5.10 Å². The molecule has 1 saturated heterocycles. The number of aldehydes is 1. The van der Waals surface area contributed by atoms with Crippen molar-refractivity contribution in [2.75, 3.05) is 31.3 Å². The highest BCUT2D eigenvalue weighted by Crippen LogP contribution is 2.48. The number of anilines is 1. The number of carbonyl (C=O) groups excluding carboxylic acids is 1. The maximum Gasteiger partial charge on any atom is 0.144 e. The summed E-state index contributed by atoms with van der Waals surface area (Å²) in [7, 11) is 0. The molecule has 1 fully saturated rings. The Labute approximate surface area is 180 Å². The Morgan fingerprint density at radius 1 is 1.19 bits per heavy atom. The highest BCUT2D eigenvalue weighted by Gasteiger charge is 2.54. The molecule has 3 aliphatic rings. The molecular formula is C24H25F2N3O2. The lowest BCUT2D eigenvalue weighted by molar-refractivity contribution is -0.106. The van der Waals surface area contributed by atoms with Crippen molar-refractivity contribution in [1.82, 2.24) is 4.90 Å². The molecule has 162 valence electrons. The number of hydrogen-bond acceptors (Lipinski definition) is 5. The molecule has 31 heavy (non-hydrogen) atoms. The lowest BCUT2D eigenvalue weighted by Gasteiger charge is -2.42. The SMILES string of the molecule is O=CCC1=NN2c3cc(F)ccc3OCC2[C@]1(CCCN1CC(F)C1)c1ccccc1. The number of hydrogen-bond donors (Lipinski definition) is 0. The van der Waals surface area contributed by atoms with Gasteiger partial charge in [0.15, 0.2) is 0 Å². The van der Waals surface area contributed by atoms with Crippen molar-refractivity contribution in [3.8, 4) is 5.75 Å². The van der Waals surface area contributed by atoms with Crippen LogP contribution in [0.1, 0.15) is 24.8 Å². The minimum absolute atomic E-state index is 0.190. The van der Waals surface area contributed by atoms with Gasteiger partial charge in [0.1, 0.15) is 42.4 Å². The molecule has 3 aliphatic heterocycles. The topological polar surface area (TPSA) is 45.1 Å². The molecule has 0 bridgehead atoms. The lowest BCUT2D eigenvalue weighted by Crippen LogP contribution is -2.53. The number of halogens is 2. The maximum absolute atomic E-state index is 14.1. The molecule has 0 amide bonds. The van der Waals surface area contributed by atoms with Gasteiger partial charge >= 0.3 is 0 Å². The fourth-order valence-corrected chi connectivity index (χ4v) is 5.21. The minimum atomic E-state index is -0.726. The molecule has 1 unspecified atom stereocenters. The summed E-state index contributed by atoms with van der Waals surface area (Å²) in [5, 5.41) is 6.70. The normalized spacial score (nSPS) is 25.3. The van der Waals surface area contributed by atoms with Crippen LogP contribution in [0.4, 0.5) is 14.5 Å². The molecule has 5 rings (SSSR count). The molecule has 0 saturated carbocycles. The number of ether oxygens (including phenoxy) is 1. The zero-order chi connectivity index (χ0) is 21.4. The standard InChI is InChI=1S/C24H25F2N3O2/c25-18-7-8-21-20(13-18)29-23(16-31-21)24(22(27-29)9-12-30,17-5-2-1-3-6-17)10-4-11-28-14-19(26)15-28/h1-3,5-8,12-13,19,23H,4,9-11,14-16H2/t23?,24-/m1/s1. The number of nitrogens with zero attached hydrogens (tertiary/aromatic N) is 3. The van der Waals surface area contributed by atoms with Gasteiger partial charge in [0.25, 0.3) is 0 Å². The average molecular weight is 425 g/mol. The first-order valence-electron chi connectivity index (χ1n) is 10.8. The van der Waals surface area contributed by atoms with Crippen molar-refractivity contribution in [3.63, 3.8) is 0 Å². The molecule has 7 heteroatoms. The summed E-state index contributed by atoms with van der Waals surface area (Å²) >= 11 is 0. The van der Waals surface area contributed by atoms with Gasteiger partial charge in [0.05, 0.1) is 11.1 Å². The number of likely N-dealkylation sites (tertiary alicyclic amines) is 1. The number of hydrazone groups is 1. The van der Waals surface area contributed by atoms with E-state index >= 15 is 0 Å². The summed E-state index contributed by atoms with van der Waals surface area (Å²) in [6.07, 6.45) is 1.93. The molecule has 0 spiro atoms. The van der Waals surface area contributed by atoms with E-state index in [1.54, 1.807) is 6.07 Å². The van der Waals surface area contributed by atoms with E-state index in [0.29, 0.717) is 31.1 Å². The molecule has 2 aromatic carbocycles. The fourth-order valence-electron chi connectivity index (χ4n) is 5.21. The number of alkyl halides is 1. The Morgan fingerprint density at radius 3 is 2.74 bits per heavy atom. The minimum Gasteiger partial charge on any atom is -0.489 e. The number of carbonyl (C=O) groups is 1. The van der Waals surface area contributed by atoms with Crippen LogP contribution in [0.3, 0.4) is 0 Å². The third-order valence-electron chi connectivity index (χ3n) is 6.70. The van der Waals surface area contributed by atoms with Crippen molar-refractivity contribution in [3.05, 3.63) is 59.9 Å². The first-order valence-corrected chi connectivity index (χ1v) is 10.8. The highest BCUT2D eigenvalue weighted by atomic mass is 19.1. The smallest absolute Gasteiger partial charge is 0.144 e. The quantitative estimate of drug-likeness (QED) is 0.635. The number of fused-ring (bicyclic) bond motifs is 3. The Hall–Kier alpha value is -2.80. The van der Waals surface area contributed by atoms with Gasteiger partial charge < -0.3 is 9.53 Å². The van der Waals surface area contributed by atoms with Gasteiger partial charge in [0.2, 0.25) is 0 Å². The van der Waals surface area contributed by atoms with Crippen LogP contribution in [0, 0.1) is 5.82 Å². The molecule has 0 aromatic heterocycles. The van der Waals surface area contributed by atoms with Gasteiger partial charge in [-0.2, -0.15) is 5.10 Å². The second-order valence-corrected chi connectivity index (χ2v) is 8.50. The van der Waals surface area contributed by atoms with Crippen LogP contribution in [0.2, 0.25) is 0 Å². The molecule has 0 N–H and O–H groups in total. The van der Waals surface area contributed by atoms with Crippen LogP contribution in [-0.4, -0.2) is 55.4 Å². The van der Waals surface area contributed by atoms with Gasteiger partial charge in [-0.3, -0.25) is 9.91 Å². The fraction of sp³-hybridized carbons (Fsp3) is 0.417. The molecule has 5 nitrogen and oxygen atoms in total. The van der Waals surface area contributed by atoms with Gasteiger partial charge in [-0.1, -0.05) is 30.3 Å². The molecule has 3 heterocycles. The predicted molar refractivity (Wildman–Crippen MR) is 115 cm³/mol. The summed E-state index contributed by atoms with van der Waals surface area (Å²) in [6.45, 7) is 2.15. The van der Waals surface area contributed by atoms with Crippen LogP contribution in [0.15, 0.2) is 53.6 Å². The van der Waals surface area contributed by atoms with E-state index in [-0.39, 0.29) is 18.3 Å². The first-order chi connectivity index (χ1) is 15.1. The van der Waals surface area contributed by atoms with E-state index in [0.717, 1.165) is 36.9 Å². The zero-order valence-electron chi connectivity index (χ0n) is 17.2. The van der Waals surface area contributed by atoms with E-state index in [1.807, 2.05) is 23.2 Å². The van der Waals surface area contributed by atoms with Gasteiger partial charge in [0, 0.05) is 25.6 Å². The van der Waals surface area contributed by atoms with Crippen LogP contribution in [0.25, 0.3) is 0 Å². The zero-order valence-corrected chi connectivity index (χ0v) is 17.2. The summed E-state index contributed by atoms with van der Waals surface area (Å²) in [5.41, 5.74) is 1.89. The van der Waals surface area contributed by atoms with Gasteiger partial charge in [-0.05, 0) is 37.1 Å². The van der Waals surface area contributed by atoms with E-state index in [4.69, 9.17) is 9.84 Å². The maximum atomic E-state index is 14.1. The molecule has 2 atom stereocenters. The Balaban J connectivity index is 1.53. The van der Waals surface area contributed by atoms with Crippen molar-refractivity contribution < 1.29 is 18.3 Å². The van der Waals surface area contributed by atoms with Gasteiger partial charge in [-0.15, -0.1) is 0 Å². The predicted octanol–water partition coefficient (Wildman–Crippen LogP) is 3.72. The van der Waals surface area contributed by atoms with E-state index in [2.05, 4.69) is 17.0 Å². The van der Waals surface area contributed by atoms with Crippen LogP contribution in [-0.2, 0) is 10.2 Å². The van der Waals surface area contributed by atoms with E-state index < -0.39 is 11.6 Å². The molecular weight excluding hydrogens is 400 g/mol. The Morgan fingerprint density at radius 2 is 2.00 bits per heavy atom. The monoisotopic (exact) mass is 425 g/mol. The lowest BCUT2D eigenvalue weighted by atomic mass is 9.67. The van der Waals surface area contributed by atoms with Crippen molar-refractivity contribution >= 4 is 17.7 Å². The second kappa shape index (κ2) is 8.04. The summed E-state index contributed by atoms with van der Waals surface area (Å²) in [5.74, 6) is 0.233. The first kappa shape index (κ1) is 20.1. The Kier molecular flexibility index (Phi) is 5.22. The second-order valence-electron chi connectivity index (χ2n) is 8.50. The number of rotatable bonds is 7.